The van der Waals surface area contributed by atoms with Crippen LogP contribution >= 0.6 is 0 Å². The average Bonchev–Trinajstić information content (AvgIpc) is 3.62. The highest BCUT2D eigenvalue weighted by molar-refractivity contribution is 5.99. The number of rotatable bonds is 10. The molecule has 45 heavy (non-hydrogen) atoms. The third-order valence-electron chi connectivity index (χ3n) is 8.78. The van der Waals surface area contributed by atoms with Crippen molar-refractivity contribution in [3.05, 3.63) is 94.4 Å². The lowest BCUT2D eigenvalue weighted by atomic mass is 9.72. The van der Waals surface area contributed by atoms with E-state index in [9.17, 15) is 37.4 Å². The van der Waals surface area contributed by atoms with Crippen molar-refractivity contribution in [2.75, 3.05) is 0 Å². The van der Waals surface area contributed by atoms with E-state index in [1.807, 2.05) is 6.07 Å². The number of hydrogen-bond acceptors (Lipinski definition) is 4. The van der Waals surface area contributed by atoms with Crippen LogP contribution in [0, 0.1) is 19.7 Å². The van der Waals surface area contributed by atoms with Gasteiger partial charge in [-0.15, -0.1) is 0 Å². The standard InChI is InChI=1S/C34H35F4N3O4/c1-20-14-22(10-11-33(45,34(36,37)38)19-31(3,4)27-17-24(35)9-8-21(27)2)26-18-39-41(28(26)15-20)25-7-5-6-23(16-25)29(42)40-32(12-13-32)30(43)44/h5-9,14-18,45H,10-13,19H2,1-4H3,(H,40,42)(H,43,44). The second-order valence-electron chi connectivity index (χ2n) is 12.9. The maximum absolute atomic E-state index is 14.5. The van der Waals surface area contributed by atoms with Crippen LogP contribution in [0.2, 0.25) is 0 Å². The zero-order valence-corrected chi connectivity index (χ0v) is 25.4. The van der Waals surface area contributed by atoms with Crippen LogP contribution in [0.25, 0.3) is 16.6 Å². The molecule has 238 valence electrons. The van der Waals surface area contributed by atoms with Crippen molar-refractivity contribution >= 4 is 22.8 Å². The summed E-state index contributed by atoms with van der Waals surface area (Å²) < 4.78 is 59.1. The Morgan fingerprint density at radius 2 is 1.76 bits per heavy atom. The Balaban J connectivity index is 1.43. The molecule has 1 atom stereocenters. The summed E-state index contributed by atoms with van der Waals surface area (Å²) in [7, 11) is 0. The number of amides is 1. The van der Waals surface area contributed by atoms with Crippen molar-refractivity contribution in [1.29, 1.82) is 0 Å². The van der Waals surface area contributed by atoms with Gasteiger partial charge in [0.1, 0.15) is 11.4 Å². The number of carboxylic acid groups (broad SMARTS) is 1. The number of fused-ring (bicyclic) bond motifs is 1. The molecule has 1 fully saturated rings. The highest BCUT2D eigenvalue weighted by Crippen LogP contribution is 2.45. The molecule has 0 spiro atoms. The van der Waals surface area contributed by atoms with Crippen molar-refractivity contribution in [2.45, 2.75) is 82.5 Å². The van der Waals surface area contributed by atoms with Crippen LogP contribution in [0.3, 0.4) is 0 Å². The number of hydrogen-bond donors (Lipinski definition) is 3. The molecule has 0 saturated heterocycles. The molecule has 1 aliphatic rings. The largest absolute Gasteiger partial charge is 0.480 e. The van der Waals surface area contributed by atoms with Crippen molar-refractivity contribution in [3.8, 4) is 5.69 Å². The molecule has 1 saturated carbocycles. The average molecular weight is 626 g/mol. The van der Waals surface area contributed by atoms with Crippen LogP contribution in [0.4, 0.5) is 17.6 Å². The molecule has 1 aromatic heterocycles. The summed E-state index contributed by atoms with van der Waals surface area (Å²) in [5, 5.41) is 28.2. The Bertz CT molecular complexity index is 1790. The van der Waals surface area contributed by atoms with E-state index >= 15 is 0 Å². The van der Waals surface area contributed by atoms with Crippen molar-refractivity contribution in [1.82, 2.24) is 15.1 Å². The van der Waals surface area contributed by atoms with Crippen LogP contribution in [-0.4, -0.2) is 49.2 Å². The molecule has 3 N–H and O–H groups in total. The first kappa shape index (κ1) is 32.2. The quantitative estimate of drug-likeness (QED) is 0.170. The fourth-order valence-electron chi connectivity index (χ4n) is 6.17. The fraction of sp³-hybridized carbons (Fsp3) is 0.382. The molecular formula is C34H35F4N3O4. The van der Waals surface area contributed by atoms with Gasteiger partial charge in [0.25, 0.3) is 5.91 Å². The van der Waals surface area contributed by atoms with Crippen LogP contribution in [0.15, 0.2) is 60.8 Å². The Labute approximate surface area is 257 Å². The van der Waals surface area contributed by atoms with E-state index in [1.54, 1.807) is 62.7 Å². The van der Waals surface area contributed by atoms with Gasteiger partial charge >= 0.3 is 12.1 Å². The summed E-state index contributed by atoms with van der Waals surface area (Å²) in [4.78, 5) is 24.4. The molecular weight excluding hydrogens is 590 g/mol. The minimum absolute atomic E-state index is 0.113. The van der Waals surface area contributed by atoms with Gasteiger partial charge in [0.05, 0.1) is 17.4 Å². The molecule has 5 rings (SSSR count). The number of aliphatic hydroxyl groups is 1. The lowest BCUT2D eigenvalue weighted by Gasteiger charge is -2.38. The number of nitrogens with zero attached hydrogens (tertiary/aromatic N) is 2. The van der Waals surface area contributed by atoms with Gasteiger partial charge in [-0.2, -0.15) is 18.3 Å². The summed E-state index contributed by atoms with van der Waals surface area (Å²) in [6, 6.07) is 14.1. The molecule has 11 heteroatoms. The van der Waals surface area contributed by atoms with Crippen LogP contribution in [-0.2, 0) is 16.6 Å². The first-order valence-corrected chi connectivity index (χ1v) is 14.6. The normalized spacial score (nSPS) is 15.9. The lowest BCUT2D eigenvalue weighted by Crippen LogP contribution is -2.49. The van der Waals surface area contributed by atoms with E-state index < -0.39 is 53.3 Å². The molecule has 0 bridgehead atoms. The Kier molecular flexibility index (Phi) is 8.06. The van der Waals surface area contributed by atoms with E-state index in [4.69, 9.17) is 0 Å². The number of aryl methyl sites for hydroxylation is 3. The number of nitrogens with one attached hydrogen (secondary N) is 1. The summed E-state index contributed by atoms with van der Waals surface area (Å²) in [5.41, 5.74) is -1.80. The first-order chi connectivity index (χ1) is 20.9. The highest BCUT2D eigenvalue weighted by atomic mass is 19.4. The predicted octanol–water partition coefficient (Wildman–Crippen LogP) is 6.72. The maximum atomic E-state index is 14.5. The van der Waals surface area contributed by atoms with Gasteiger partial charge in [0, 0.05) is 10.9 Å². The zero-order chi connectivity index (χ0) is 32.9. The Morgan fingerprint density at radius 1 is 1.04 bits per heavy atom. The summed E-state index contributed by atoms with van der Waals surface area (Å²) in [5.74, 6) is -2.18. The van der Waals surface area contributed by atoms with Gasteiger partial charge in [0.2, 0.25) is 0 Å². The van der Waals surface area contributed by atoms with E-state index in [-0.39, 0.29) is 12.0 Å². The number of alkyl halides is 3. The van der Waals surface area contributed by atoms with Gasteiger partial charge in [-0.05, 0) is 110 Å². The van der Waals surface area contributed by atoms with Crippen LogP contribution in [0.5, 0.6) is 0 Å². The third kappa shape index (κ3) is 6.31. The number of aromatic nitrogens is 2. The second-order valence-corrected chi connectivity index (χ2v) is 12.9. The number of carboxylic acids is 1. The van der Waals surface area contributed by atoms with Crippen molar-refractivity contribution in [2.24, 2.45) is 0 Å². The Morgan fingerprint density at radius 3 is 2.40 bits per heavy atom. The topological polar surface area (TPSA) is 104 Å². The number of aliphatic carboxylic acids is 1. The monoisotopic (exact) mass is 625 g/mol. The third-order valence-corrected chi connectivity index (χ3v) is 8.78. The predicted molar refractivity (Wildman–Crippen MR) is 161 cm³/mol. The number of carbonyl (C=O) groups is 2. The van der Waals surface area contributed by atoms with Gasteiger partial charge in [-0.25, -0.2) is 13.9 Å². The Hall–Kier alpha value is -4.25. The molecule has 7 nitrogen and oxygen atoms in total. The molecule has 4 aromatic rings. The number of carbonyl (C=O) groups excluding carboxylic acids is 1. The minimum Gasteiger partial charge on any atom is -0.480 e. The van der Waals surface area contributed by atoms with E-state index in [2.05, 4.69) is 10.4 Å². The maximum Gasteiger partial charge on any atom is 0.417 e. The summed E-state index contributed by atoms with van der Waals surface area (Å²) >= 11 is 0. The molecule has 0 aliphatic heterocycles. The van der Waals surface area contributed by atoms with Crippen molar-refractivity contribution in [3.63, 3.8) is 0 Å². The van der Waals surface area contributed by atoms with Crippen molar-refractivity contribution < 1.29 is 37.4 Å². The van der Waals surface area contributed by atoms with Gasteiger partial charge in [-0.3, -0.25) is 4.79 Å². The summed E-state index contributed by atoms with van der Waals surface area (Å²) in [6.45, 7) is 6.64. The SMILES string of the molecule is Cc1cc(CCC(O)(CC(C)(C)c2cc(F)ccc2C)C(F)(F)F)c2cnn(-c3cccc(C(=O)NC4(C(=O)O)CC4)c3)c2c1. The van der Waals surface area contributed by atoms with E-state index in [0.29, 0.717) is 46.1 Å². The molecule has 1 amide bonds. The van der Waals surface area contributed by atoms with Crippen LogP contribution < -0.4 is 5.32 Å². The number of benzene rings is 3. The van der Waals surface area contributed by atoms with E-state index in [1.165, 1.54) is 24.4 Å². The first-order valence-electron chi connectivity index (χ1n) is 14.6. The molecule has 1 aliphatic carbocycles. The van der Waals surface area contributed by atoms with Gasteiger partial charge in [-0.1, -0.05) is 32.0 Å². The van der Waals surface area contributed by atoms with Gasteiger partial charge < -0.3 is 15.5 Å². The van der Waals surface area contributed by atoms with Crippen LogP contribution in [0.1, 0.15) is 72.1 Å². The van der Waals surface area contributed by atoms with E-state index in [0.717, 1.165) is 5.56 Å². The molecule has 0 radical (unpaired) electrons. The minimum atomic E-state index is -4.95. The second kappa shape index (κ2) is 11.3. The zero-order valence-electron chi connectivity index (χ0n) is 25.4. The highest BCUT2D eigenvalue weighted by Gasteiger charge is 2.55. The molecule has 1 heterocycles. The summed E-state index contributed by atoms with van der Waals surface area (Å²) in [6.07, 6.45) is -4.11. The molecule has 1 unspecified atom stereocenters. The lowest BCUT2D eigenvalue weighted by molar-refractivity contribution is -0.269. The fourth-order valence-corrected chi connectivity index (χ4v) is 6.17. The molecule has 3 aromatic carbocycles. The van der Waals surface area contributed by atoms with Gasteiger partial charge in [0.15, 0.2) is 5.60 Å². The smallest absolute Gasteiger partial charge is 0.417 e. The number of halogens is 4.